The summed E-state index contributed by atoms with van der Waals surface area (Å²) in [5, 5.41) is 4.28. The van der Waals surface area contributed by atoms with Gasteiger partial charge < -0.3 is 14.8 Å². The number of nitrogens with zero attached hydrogens (tertiary/aromatic N) is 2. The van der Waals surface area contributed by atoms with Crippen LogP contribution in [0.15, 0.2) is 58.5 Å². The highest BCUT2D eigenvalue weighted by Crippen LogP contribution is 2.35. The molecule has 7 nitrogen and oxygen atoms in total. The topological polar surface area (TPSA) is 82.5 Å². The number of ether oxygens (including phenoxy) is 2. The van der Waals surface area contributed by atoms with Crippen LogP contribution in [0.4, 0.5) is 0 Å². The minimum atomic E-state index is -0.0954. The molecule has 1 aliphatic heterocycles. The number of thioether (sulfide) groups is 1. The van der Waals surface area contributed by atoms with Crippen molar-refractivity contribution in [3.63, 3.8) is 0 Å². The third kappa shape index (κ3) is 4.98. The average molecular weight is 534 g/mol. The van der Waals surface area contributed by atoms with Gasteiger partial charge in [0.1, 0.15) is 18.0 Å². The maximum absolute atomic E-state index is 13.8. The number of amides is 1. The lowest BCUT2D eigenvalue weighted by Crippen LogP contribution is -2.28. The largest absolute Gasteiger partial charge is 0.486 e. The predicted octanol–water partition coefficient (Wildman–Crippen LogP) is 4.55. The van der Waals surface area contributed by atoms with Crippen molar-refractivity contribution in [2.45, 2.75) is 37.3 Å². The van der Waals surface area contributed by atoms with Gasteiger partial charge in [-0.25, -0.2) is 4.98 Å². The molecule has 2 aromatic heterocycles. The Bertz CT molecular complexity index is 1510. The quantitative estimate of drug-likeness (QED) is 0.277. The molecule has 0 bridgehead atoms. The van der Waals surface area contributed by atoms with Gasteiger partial charge in [0.2, 0.25) is 5.91 Å². The SMILES string of the molecule is O=C(CSc1nc2sc3c(c2c(=O)n1-c1ccccc1)CCCC3)NCCc1ccc2c(c1)OCCO2. The van der Waals surface area contributed by atoms with E-state index in [9.17, 15) is 9.59 Å². The Balaban J connectivity index is 1.18. The Morgan fingerprint density at radius 3 is 2.73 bits per heavy atom. The summed E-state index contributed by atoms with van der Waals surface area (Å²) >= 11 is 2.93. The zero-order valence-corrected chi connectivity index (χ0v) is 22.0. The Labute approximate surface area is 222 Å². The molecule has 0 radical (unpaired) electrons. The summed E-state index contributed by atoms with van der Waals surface area (Å²) in [6.07, 6.45) is 4.88. The average Bonchev–Trinajstić information content (AvgIpc) is 3.31. The van der Waals surface area contributed by atoms with Crippen LogP contribution in [-0.4, -0.2) is 41.0 Å². The molecular formula is C28H27N3O4S2. The molecule has 9 heteroatoms. The minimum Gasteiger partial charge on any atom is -0.486 e. The molecule has 2 aliphatic rings. The van der Waals surface area contributed by atoms with Gasteiger partial charge in [-0.3, -0.25) is 14.2 Å². The van der Waals surface area contributed by atoms with Crippen molar-refractivity contribution in [2.75, 3.05) is 25.5 Å². The normalized spacial score (nSPS) is 14.4. The molecule has 0 atom stereocenters. The van der Waals surface area contributed by atoms with Crippen LogP contribution >= 0.6 is 23.1 Å². The van der Waals surface area contributed by atoms with E-state index < -0.39 is 0 Å². The summed E-state index contributed by atoms with van der Waals surface area (Å²) in [6, 6.07) is 15.4. The van der Waals surface area contributed by atoms with Crippen LogP contribution < -0.4 is 20.3 Å². The minimum absolute atomic E-state index is 0.0443. The highest BCUT2D eigenvalue weighted by molar-refractivity contribution is 7.99. The molecule has 1 amide bonds. The van der Waals surface area contributed by atoms with E-state index in [-0.39, 0.29) is 17.2 Å². The first-order valence-electron chi connectivity index (χ1n) is 12.6. The number of para-hydroxylation sites is 1. The van der Waals surface area contributed by atoms with E-state index in [4.69, 9.17) is 14.5 Å². The second kappa shape index (κ2) is 10.6. The fourth-order valence-corrected chi connectivity index (χ4v) is 7.00. The van der Waals surface area contributed by atoms with Crippen LogP contribution in [0.1, 0.15) is 28.8 Å². The molecule has 1 N–H and O–H groups in total. The van der Waals surface area contributed by atoms with Crippen LogP contribution in [0.25, 0.3) is 15.9 Å². The van der Waals surface area contributed by atoms with E-state index in [1.165, 1.54) is 22.2 Å². The smallest absolute Gasteiger partial charge is 0.267 e. The predicted molar refractivity (Wildman–Crippen MR) is 147 cm³/mol. The van der Waals surface area contributed by atoms with Gasteiger partial charge in [-0.1, -0.05) is 36.0 Å². The van der Waals surface area contributed by atoms with Crippen LogP contribution in [0, 0.1) is 0 Å². The van der Waals surface area contributed by atoms with Gasteiger partial charge in [-0.05, 0) is 67.5 Å². The number of thiophene rings is 1. The van der Waals surface area contributed by atoms with Gasteiger partial charge in [0, 0.05) is 11.4 Å². The summed E-state index contributed by atoms with van der Waals surface area (Å²) in [5.74, 6) is 1.59. The Kier molecular flexibility index (Phi) is 6.89. The number of aryl methyl sites for hydroxylation is 2. The summed E-state index contributed by atoms with van der Waals surface area (Å²) in [4.78, 5) is 33.4. The van der Waals surface area contributed by atoms with Crippen LogP contribution in [-0.2, 0) is 24.1 Å². The summed E-state index contributed by atoms with van der Waals surface area (Å²) in [6.45, 7) is 1.62. The lowest BCUT2D eigenvalue weighted by atomic mass is 9.97. The lowest BCUT2D eigenvalue weighted by Gasteiger charge is -2.18. The number of rotatable bonds is 7. The number of carbonyl (C=O) groups is 1. The van der Waals surface area contributed by atoms with E-state index in [1.807, 2.05) is 48.5 Å². The first-order chi connectivity index (χ1) is 18.2. The van der Waals surface area contributed by atoms with Crippen molar-refractivity contribution in [2.24, 2.45) is 0 Å². The zero-order valence-electron chi connectivity index (χ0n) is 20.3. The Morgan fingerprint density at radius 2 is 1.86 bits per heavy atom. The number of fused-ring (bicyclic) bond motifs is 4. The molecule has 3 heterocycles. The standard InChI is InChI=1S/C28H27N3O4S2/c32-24(29-13-12-18-10-11-21-22(16-18)35-15-14-34-21)17-36-28-30-26-25(20-8-4-5-9-23(20)37-26)27(33)31(28)19-6-2-1-3-7-19/h1-3,6-7,10-11,16H,4-5,8-9,12-15,17H2,(H,29,32). The highest BCUT2D eigenvalue weighted by atomic mass is 32.2. The van der Waals surface area contributed by atoms with Gasteiger partial charge in [0.25, 0.3) is 5.56 Å². The van der Waals surface area contributed by atoms with Gasteiger partial charge >= 0.3 is 0 Å². The van der Waals surface area contributed by atoms with Crippen molar-refractivity contribution in [1.82, 2.24) is 14.9 Å². The first-order valence-corrected chi connectivity index (χ1v) is 14.4. The number of hydrogen-bond acceptors (Lipinski definition) is 7. The van der Waals surface area contributed by atoms with Crippen molar-refractivity contribution in [3.8, 4) is 17.2 Å². The second-order valence-corrected chi connectivity index (χ2v) is 11.2. The first kappa shape index (κ1) is 24.1. The summed E-state index contributed by atoms with van der Waals surface area (Å²) < 4.78 is 12.9. The molecule has 1 aliphatic carbocycles. The van der Waals surface area contributed by atoms with Gasteiger partial charge in [-0.15, -0.1) is 11.3 Å². The van der Waals surface area contributed by atoms with Crippen molar-refractivity contribution < 1.29 is 14.3 Å². The second-order valence-electron chi connectivity index (χ2n) is 9.13. The molecule has 0 saturated heterocycles. The van der Waals surface area contributed by atoms with Crippen LogP contribution in [0.3, 0.4) is 0 Å². The molecule has 0 spiro atoms. The third-order valence-corrected chi connectivity index (χ3v) is 8.77. The third-order valence-electron chi connectivity index (χ3n) is 6.65. The number of carbonyl (C=O) groups excluding carboxylic acids is 1. The number of hydrogen-bond donors (Lipinski definition) is 1. The molecule has 0 saturated carbocycles. The van der Waals surface area contributed by atoms with Crippen molar-refractivity contribution in [1.29, 1.82) is 0 Å². The lowest BCUT2D eigenvalue weighted by molar-refractivity contribution is -0.118. The van der Waals surface area contributed by atoms with E-state index in [1.54, 1.807) is 15.9 Å². The molecule has 37 heavy (non-hydrogen) atoms. The van der Waals surface area contributed by atoms with Crippen molar-refractivity contribution in [3.05, 3.63) is 74.9 Å². The van der Waals surface area contributed by atoms with Gasteiger partial charge in [0.15, 0.2) is 16.7 Å². The summed E-state index contributed by atoms with van der Waals surface area (Å²) in [5.41, 5.74) is 2.96. The molecule has 190 valence electrons. The molecule has 4 aromatic rings. The van der Waals surface area contributed by atoms with Gasteiger partial charge in [0.05, 0.1) is 16.8 Å². The maximum atomic E-state index is 13.8. The molecule has 6 rings (SSSR count). The Morgan fingerprint density at radius 1 is 1.05 bits per heavy atom. The molecule has 0 unspecified atom stereocenters. The van der Waals surface area contributed by atoms with E-state index in [0.29, 0.717) is 31.3 Å². The van der Waals surface area contributed by atoms with Gasteiger partial charge in [-0.2, -0.15) is 0 Å². The Hall–Kier alpha value is -3.30. The van der Waals surface area contributed by atoms with Crippen LogP contribution in [0.5, 0.6) is 11.5 Å². The molecule has 2 aromatic carbocycles. The van der Waals surface area contributed by atoms with Crippen molar-refractivity contribution >= 4 is 39.2 Å². The number of benzene rings is 2. The number of aromatic nitrogens is 2. The monoisotopic (exact) mass is 533 g/mol. The van der Waals surface area contributed by atoms with Crippen LogP contribution in [0.2, 0.25) is 0 Å². The fourth-order valence-electron chi connectivity index (χ4n) is 4.86. The summed E-state index contributed by atoms with van der Waals surface area (Å²) in [7, 11) is 0. The van der Waals surface area contributed by atoms with E-state index in [0.717, 1.165) is 58.6 Å². The molecule has 0 fully saturated rings. The highest BCUT2D eigenvalue weighted by Gasteiger charge is 2.23. The van der Waals surface area contributed by atoms with E-state index in [2.05, 4.69) is 5.32 Å². The maximum Gasteiger partial charge on any atom is 0.267 e. The number of nitrogens with one attached hydrogen (secondary N) is 1. The zero-order chi connectivity index (χ0) is 25.2. The fraction of sp³-hybridized carbons (Fsp3) is 0.321. The molecular weight excluding hydrogens is 506 g/mol. The van der Waals surface area contributed by atoms with E-state index >= 15 is 0 Å².